The van der Waals surface area contributed by atoms with E-state index in [0.717, 1.165) is 70.2 Å². The summed E-state index contributed by atoms with van der Waals surface area (Å²) in [5.41, 5.74) is 10.8. The molecule has 31 heavy (non-hydrogen) atoms. The van der Waals surface area contributed by atoms with Crippen molar-refractivity contribution in [1.82, 2.24) is 4.98 Å². The van der Waals surface area contributed by atoms with Crippen molar-refractivity contribution in [3.8, 4) is 22.9 Å². The Labute approximate surface area is 181 Å². The fraction of sp³-hybridized carbons (Fsp3) is 0.231. The van der Waals surface area contributed by atoms with E-state index in [1.807, 2.05) is 54.6 Å². The molecule has 154 valence electrons. The van der Waals surface area contributed by atoms with Crippen molar-refractivity contribution in [2.45, 2.75) is 19.3 Å². The molecule has 1 fully saturated rings. The van der Waals surface area contributed by atoms with Gasteiger partial charge in [0, 0.05) is 40.9 Å². The van der Waals surface area contributed by atoms with E-state index in [1.54, 1.807) is 7.11 Å². The summed E-state index contributed by atoms with van der Waals surface area (Å²) in [5, 5.41) is 13.1. The molecule has 0 amide bonds. The smallest absolute Gasteiger partial charge is 0.126 e. The highest BCUT2D eigenvalue weighted by atomic mass is 16.5. The third-order valence-corrected chi connectivity index (χ3v) is 6.16. The second-order valence-corrected chi connectivity index (χ2v) is 7.97. The minimum absolute atomic E-state index is 0.503. The molecule has 1 aliphatic rings. The largest absolute Gasteiger partial charge is 0.497 e. The Hall–Kier alpha value is -3.78. The molecule has 5 nitrogen and oxygen atoms in total. The molecule has 5 heteroatoms. The number of ether oxygens (including phenoxy) is 1. The Morgan fingerprint density at radius 2 is 1.71 bits per heavy atom. The third-order valence-electron chi connectivity index (χ3n) is 6.16. The third kappa shape index (κ3) is 3.21. The second-order valence-electron chi connectivity index (χ2n) is 7.97. The van der Waals surface area contributed by atoms with E-state index >= 15 is 0 Å². The number of hydrogen-bond acceptors (Lipinski definition) is 5. The summed E-state index contributed by atoms with van der Waals surface area (Å²) in [6.07, 6.45) is 3.55. The summed E-state index contributed by atoms with van der Waals surface area (Å²) >= 11 is 0. The molecule has 4 aromatic rings. The summed E-state index contributed by atoms with van der Waals surface area (Å²) in [7, 11) is 1.66. The number of nitrogen functional groups attached to an aromatic ring is 1. The van der Waals surface area contributed by atoms with Gasteiger partial charge in [0.2, 0.25) is 0 Å². The summed E-state index contributed by atoms with van der Waals surface area (Å²) in [6.45, 7) is 1.96. The lowest BCUT2D eigenvalue weighted by Crippen LogP contribution is -2.29. The molecular weight excluding hydrogens is 384 g/mol. The first-order chi connectivity index (χ1) is 15.2. The number of nitriles is 1. The number of rotatable bonds is 3. The Bertz CT molecular complexity index is 1320. The molecule has 0 bridgehead atoms. The van der Waals surface area contributed by atoms with E-state index in [4.69, 9.17) is 15.5 Å². The molecule has 5 rings (SSSR count). The molecule has 0 atom stereocenters. The van der Waals surface area contributed by atoms with Crippen molar-refractivity contribution in [1.29, 1.82) is 5.26 Å². The van der Waals surface area contributed by atoms with Crippen LogP contribution in [-0.2, 0) is 0 Å². The molecule has 1 aliphatic heterocycles. The number of nitrogens with two attached hydrogens (primary N) is 1. The summed E-state index contributed by atoms with van der Waals surface area (Å²) in [5.74, 6) is 1.29. The molecule has 1 saturated heterocycles. The highest BCUT2D eigenvalue weighted by Crippen LogP contribution is 2.43. The standard InChI is InChI=1S/C26H24N4O/c1-31-18-11-9-17(10-12-18)24-21(16-27)19-7-3-4-8-20(19)26-25(24)22(15-23(28)29-26)30-13-5-2-6-14-30/h3-4,7-12,15H,2,5-6,13-14H2,1H3,(H2,28,29). The van der Waals surface area contributed by atoms with Crippen LogP contribution in [0.5, 0.6) is 5.75 Å². The number of fused-ring (bicyclic) bond motifs is 3. The predicted octanol–water partition coefficient (Wildman–Crippen LogP) is 5.51. The molecular formula is C26H24N4O. The molecule has 1 aromatic heterocycles. The fourth-order valence-corrected chi connectivity index (χ4v) is 4.71. The monoisotopic (exact) mass is 408 g/mol. The van der Waals surface area contributed by atoms with Gasteiger partial charge < -0.3 is 15.4 Å². The normalized spacial score (nSPS) is 14.0. The molecule has 2 N–H and O–H groups in total. The highest BCUT2D eigenvalue weighted by molar-refractivity contribution is 6.19. The van der Waals surface area contributed by atoms with Gasteiger partial charge in [-0.25, -0.2) is 4.98 Å². The number of methoxy groups -OCH3 is 1. The van der Waals surface area contributed by atoms with Gasteiger partial charge in [-0.2, -0.15) is 5.26 Å². The molecule has 0 spiro atoms. The van der Waals surface area contributed by atoms with Crippen LogP contribution in [0.3, 0.4) is 0 Å². The summed E-state index contributed by atoms with van der Waals surface area (Å²) in [4.78, 5) is 7.17. The maximum Gasteiger partial charge on any atom is 0.126 e. The van der Waals surface area contributed by atoms with Crippen LogP contribution < -0.4 is 15.4 Å². The summed E-state index contributed by atoms with van der Waals surface area (Å²) in [6, 6.07) is 20.3. The minimum atomic E-state index is 0.503. The number of hydrogen-bond donors (Lipinski definition) is 1. The number of nitrogens with zero attached hydrogens (tertiary/aromatic N) is 3. The van der Waals surface area contributed by atoms with Gasteiger partial charge in [0.1, 0.15) is 17.6 Å². The van der Waals surface area contributed by atoms with E-state index in [0.29, 0.717) is 11.4 Å². The van der Waals surface area contributed by atoms with Crippen molar-refractivity contribution in [3.63, 3.8) is 0 Å². The Morgan fingerprint density at radius 1 is 1.00 bits per heavy atom. The maximum atomic E-state index is 10.3. The lowest BCUT2D eigenvalue weighted by atomic mass is 9.89. The number of piperidine rings is 1. The topological polar surface area (TPSA) is 75.2 Å². The van der Waals surface area contributed by atoms with Crippen molar-refractivity contribution >= 4 is 33.2 Å². The lowest BCUT2D eigenvalue weighted by Gasteiger charge is -2.31. The Morgan fingerprint density at radius 3 is 2.39 bits per heavy atom. The van der Waals surface area contributed by atoms with E-state index in [1.165, 1.54) is 6.42 Å². The van der Waals surface area contributed by atoms with Crippen LogP contribution in [-0.4, -0.2) is 25.2 Å². The first-order valence-electron chi connectivity index (χ1n) is 10.7. The molecule has 0 saturated carbocycles. The lowest BCUT2D eigenvalue weighted by molar-refractivity contribution is 0.415. The van der Waals surface area contributed by atoms with E-state index < -0.39 is 0 Å². The Balaban J connectivity index is 1.94. The van der Waals surface area contributed by atoms with Crippen molar-refractivity contribution < 1.29 is 4.74 Å². The van der Waals surface area contributed by atoms with Crippen LogP contribution in [0.4, 0.5) is 11.5 Å². The van der Waals surface area contributed by atoms with Gasteiger partial charge in [0.15, 0.2) is 0 Å². The first-order valence-corrected chi connectivity index (χ1v) is 10.7. The quantitative estimate of drug-likeness (QED) is 0.453. The van der Waals surface area contributed by atoms with Crippen molar-refractivity contribution in [2.75, 3.05) is 30.8 Å². The van der Waals surface area contributed by atoms with Gasteiger partial charge in [-0.3, -0.25) is 0 Å². The Kier molecular flexibility index (Phi) is 4.83. The van der Waals surface area contributed by atoms with E-state index in [2.05, 4.69) is 11.0 Å². The van der Waals surface area contributed by atoms with Gasteiger partial charge in [-0.15, -0.1) is 0 Å². The van der Waals surface area contributed by atoms with Crippen molar-refractivity contribution in [2.24, 2.45) is 0 Å². The molecule has 0 radical (unpaired) electrons. The van der Waals surface area contributed by atoms with Gasteiger partial charge in [-0.05, 0) is 37.0 Å². The first kappa shape index (κ1) is 19.2. The average Bonchev–Trinajstić information content (AvgIpc) is 2.83. The van der Waals surface area contributed by atoms with Crippen molar-refractivity contribution in [3.05, 3.63) is 60.2 Å². The number of benzene rings is 3. The van der Waals surface area contributed by atoms with Gasteiger partial charge in [-0.1, -0.05) is 36.4 Å². The SMILES string of the molecule is COc1ccc(-c2c(C#N)c3ccccc3c3nc(N)cc(N4CCCCC4)c23)cc1. The predicted molar refractivity (Wildman–Crippen MR) is 126 cm³/mol. The van der Waals surface area contributed by atoms with Crippen LogP contribution in [0.1, 0.15) is 24.8 Å². The zero-order valence-electron chi connectivity index (χ0n) is 17.6. The summed E-state index contributed by atoms with van der Waals surface area (Å²) < 4.78 is 5.35. The van der Waals surface area contributed by atoms with Crippen LogP contribution in [0.15, 0.2) is 54.6 Å². The molecule has 3 aromatic carbocycles. The van der Waals surface area contributed by atoms with E-state index in [9.17, 15) is 5.26 Å². The number of anilines is 2. The molecule has 2 heterocycles. The maximum absolute atomic E-state index is 10.3. The number of aromatic nitrogens is 1. The van der Waals surface area contributed by atoms with Crippen LogP contribution >= 0.6 is 0 Å². The zero-order valence-corrected chi connectivity index (χ0v) is 17.6. The van der Waals surface area contributed by atoms with Gasteiger partial charge in [0.05, 0.1) is 23.9 Å². The van der Waals surface area contributed by atoms with Gasteiger partial charge >= 0.3 is 0 Å². The fourth-order valence-electron chi connectivity index (χ4n) is 4.71. The van der Waals surface area contributed by atoms with Crippen LogP contribution in [0, 0.1) is 11.3 Å². The van der Waals surface area contributed by atoms with Gasteiger partial charge in [0.25, 0.3) is 0 Å². The average molecular weight is 409 g/mol. The van der Waals surface area contributed by atoms with Crippen LogP contribution in [0.2, 0.25) is 0 Å². The highest BCUT2D eigenvalue weighted by Gasteiger charge is 2.23. The van der Waals surface area contributed by atoms with Crippen LogP contribution in [0.25, 0.3) is 32.8 Å². The van der Waals surface area contributed by atoms with E-state index in [-0.39, 0.29) is 0 Å². The zero-order chi connectivity index (χ0) is 21.4. The number of pyridine rings is 1. The molecule has 0 aliphatic carbocycles. The second kappa shape index (κ2) is 7.81. The minimum Gasteiger partial charge on any atom is -0.497 e. The molecule has 0 unspecified atom stereocenters.